The fourth-order valence-corrected chi connectivity index (χ4v) is 13.2. The quantitative estimate of drug-likeness (QED) is 0.134. The molecule has 0 aliphatic carbocycles. The van der Waals surface area contributed by atoms with Crippen molar-refractivity contribution in [2.75, 3.05) is 9.80 Å². The molecule has 0 spiro atoms. The fraction of sp³-hybridized carbons (Fsp3) is 0. The summed E-state index contributed by atoms with van der Waals surface area (Å²) in [6, 6.07) is 117. The Morgan fingerprint density at radius 3 is 0.854 bits per heavy atom. The van der Waals surface area contributed by atoms with E-state index in [1.807, 2.05) is 0 Å². The lowest BCUT2D eigenvalue weighted by Crippen LogP contribution is -2.61. The van der Waals surface area contributed by atoms with E-state index in [2.05, 4.69) is 330 Å². The summed E-state index contributed by atoms with van der Waals surface area (Å²) in [4.78, 5) is 5.19. The molecule has 0 N–H and O–H groups in total. The topological polar surface area (TPSA) is 11.4 Å². The molecule has 0 saturated heterocycles. The molecule has 0 radical (unpaired) electrons. The minimum atomic E-state index is -0.168. The Hall–Kier alpha value is -10.7. The van der Waals surface area contributed by atoms with Crippen LogP contribution in [0.1, 0.15) is 0 Å². The predicted molar refractivity (Wildman–Crippen MR) is 347 cm³/mol. The van der Waals surface area contributed by atoms with Crippen LogP contribution in [0.4, 0.5) is 34.1 Å². The number of nitrogens with zero attached hydrogens (tertiary/aromatic N) is 3. The maximum Gasteiger partial charge on any atom is 0.252 e. The number of aromatic nitrogens is 1. The first-order valence-corrected chi connectivity index (χ1v) is 28.3. The molecule has 0 atom stereocenters. The van der Waals surface area contributed by atoms with Crippen LogP contribution in [0, 0.1) is 0 Å². The molecule has 0 bridgehead atoms. The van der Waals surface area contributed by atoms with E-state index >= 15 is 0 Å². The fourth-order valence-electron chi connectivity index (χ4n) is 13.2. The Morgan fingerprint density at radius 1 is 0.207 bits per heavy atom. The van der Waals surface area contributed by atoms with Gasteiger partial charge in [-0.15, -0.1) is 0 Å². The third-order valence-corrected chi connectivity index (χ3v) is 16.9. The third kappa shape index (κ3) is 7.98. The summed E-state index contributed by atoms with van der Waals surface area (Å²) in [6.45, 7) is -0.168. The Bertz CT molecular complexity index is 4320. The van der Waals surface area contributed by atoms with Gasteiger partial charge >= 0.3 is 0 Å². The lowest BCUT2D eigenvalue weighted by Gasteiger charge is -2.45. The highest BCUT2D eigenvalue weighted by atomic mass is 15.2. The van der Waals surface area contributed by atoms with E-state index in [9.17, 15) is 0 Å². The number of hydrogen-bond acceptors (Lipinski definition) is 2. The van der Waals surface area contributed by atoms with E-state index in [0.29, 0.717) is 0 Å². The summed E-state index contributed by atoms with van der Waals surface area (Å²) in [5.74, 6) is 0. The van der Waals surface area contributed by atoms with Crippen LogP contribution in [0.25, 0.3) is 94.3 Å². The number of rotatable bonds is 9. The maximum atomic E-state index is 2.59. The van der Waals surface area contributed by atoms with Gasteiger partial charge < -0.3 is 14.4 Å². The van der Waals surface area contributed by atoms with Crippen LogP contribution in [0.15, 0.2) is 315 Å². The molecule has 13 aromatic carbocycles. The maximum absolute atomic E-state index is 2.59. The molecule has 16 rings (SSSR count). The standard InChI is InChI=1S/C78H52BN3/c1-7-23-53(24-8-1)59-39-41-74-70(49-59)79-71-50-60(54-25-9-2-10-26-54)40-42-75(71)82(66-47-63(57-31-15-5-16-32-57)44-64(48-66)58-33-17-6-18-34-58)77-52-67(80-72-37-21-19-35-68(72)69-36-20-22-38-73(69)80)51-76(78(77)79)81(74)65-45-61(55-27-11-3-12-28-55)43-62(46-65)56-29-13-4-14-30-56/h1-52H. The molecular formula is C78H52BN3. The van der Waals surface area contributed by atoms with Crippen molar-refractivity contribution in [3.05, 3.63) is 315 Å². The van der Waals surface area contributed by atoms with E-state index in [4.69, 9.17) is 0 Å². The number of hydrogen-bond donors (Lipinski definition) is 0. The molecule has 4 heteroatoms. The molecule has 82 heavy (non-hydrogen) atoms. The molecule has 3 heterocycles. The Kier molecular flexibility index (Phi) is 11.3. The van der Waals surface area contributed by atoms with Crippen molar-refractivity contribution in [1.29, 1.82) is 0 Å². The minimum absolute atomic E-state index is 0.168. The van der Waals surface area contributed by atoms with Crippen molar-refractivity contribution in [1.82, 2.24) is 4.57 Å². The zero-order valence-corrected chi connectivity index (χ0v) is 44.9. The SMILES string of the molecule is c1ccc(-c2cc(-c3ccccc3)cc(N3c4ccc(-c5ccccc5)cc4B4c5cc(-c6ccccc6)ccc5N(c5cc(-c6ccccc6)cc(-c6ccccc6)c5)c5cc(-n6c7ccccc7c7ccccc76)cc3c54)c2)cc1. The van der Waals surface area contributed by atoms with Gasteiger partial charge in [0.15, 0.2) is 0 Å². The van der Waals surface area contributed by atoms with Gasteiger partial charge in [-0.1, -0.05) is 243 Å². The molecule has 14 aromatic rings. The van der Waals surface area contributed by atoms with Crippen molar-refractivity contribution >= 4 is 79.0 Å². The summed E-state index contributed by atoms with van der Waals surface area (Å²) in [7, 11) is 0. The van der Waals surface area contributed by atoms with Gasteiger partial charge in [-0.3, -0.25) is 0 Å². The average Bonchev–Trinajstić information content (AvgIpc) is 2.36. The highest BCUT2D eigenvalue weighted by Crippen LogP contribution is 2.49. The van der Waals surface area contributed by atoms with Gasteiger partial charge in [-0.25, -0.2) is 0 Å². The van der Waals surface area contributed by atoms with Gasteiger partial charge in [-0.05, 0) is 156 Å². The van der Waals surface area contributed by atoms with Crippen LogP contribution in [0.2, 0.25) is 0 Å². The van der Waals surface area contributed by atoms with Gasteiger partial charge in [0.05, 0.1) is 16.7 Å². The molecule has 382 valence electrons. The lowest BCUT2D eigenvalue weighted by molar-refractivity contribution is 1.16. The van der Waals surface area contributed by atoms with Crippen molar-refractivity contribution in [3.8, 4) is 72.4 Å². The average molecular weight is 1040 g/mol. The van der Waals surface area contributed by atoms with Crippen molar-refractivity contribution in [2.24, 2.45) is 0 Å². The number of benzene rings is 13. The molecule has 2 aliphatic rings. The number of fused-ring (bicyclic) bond motifs is 7. The predicted octanol–water partition coefficient (Wildman–Crippen LogP) is 18.9. The van der Waals surface area contributed by atoms with E-state index in [1.165, 1.54) is 49.4 Å². The highest BCUT2D eigenvalue weighted by Gasteiger charge is 2.44. The third-order valence-electron chi connectivity index (χ3n) is 16.9. The lowest BCUT2D eigenvalue weighted by atomic mass is 9.33. The molecular weight excluding hydrogens is 990 g/mol. The van der Waals surface area contributed by atoms with Gasteiger partial charge in [0, 0.05) is 44.9 Å². The summed E-state index contributed by atoms with van der Waals surface area (Å²) in [6.07, 6.45) is 0. The highest BCUT2D eigenvalue weighted by molar-refractivity contribution is 7.00. The van der Waals surface area contributed by atoms with E-state index in [1.54, 1.807) is 0 Å². The minimum Gasteiger partial charge on any atom is -0.311 e. The Balaban J connectivity index is 1.07. The second-order valence-electron chi connectivity index (χ2n) is 21.7. The second-order valence-corrected chi connectivity index (χ2v) is 21.7. The number of para-hydroxylation sites is 2. The zero-order chi connectivity index (χ0) is 54.1. The van der Waals surface area contributed by atoms with E-state index in [0.717, 1.165) is 95.4 Å². The van der Waals surface area contributed by atoms with Crippen molar-refractivity contribution < 1.29 is 0 Å². The summed E-state index contributed by atoms with van der Waals surface area (Å²) < 4.78 is 2.50. The summed E-state index contributed by atoms with van der Waals surface area (Å²) in [5.41, 5.74) is 27.9. The van der Waals surface area contributed by atoms with Crippen LogP contribution < -0.4 is 26.2 Å². The van der Waals surface area contributed by atoms with Crippen LogP contribution in [0.5, 0.6) is 0 Å². The van der Waals surface area contributed by atoms with Crippen LogP contribution in [-0.4, -0.2) is 11.3 Å². The normalized spacial score (nSPS) is 12.3. The zero-order valence-electron chi connectivity index (χ0n) is 44.9. The van der Waals surface area contributed by atoms with Gasteiger partial charge in [-0.2, -0.15) is 0 Å². The van der Waals surface area contributed by atoms with Gasteiger partial charge in [0.25, 0.3) is 6.71 Å². The van der Waals surface area contributed by atoms with Crippen LogP contribution in [-0.2, 0) is 0 Å². The molecule has 0 fully saturated rings. The van der Waals surface area contributed by atoms with Crippen LogP contribution >= 0.6 is 0 Å². The van der Waals surface area contributed by atoms with Crippen molar-refractivity contribution in [2.45, 2.75) is 0 Å². The first-order valence-electron chi connectivity index (χ1n) is 28.3. The van der Waals surface area contributed by atoms with E-state index in [-0.39, 0.29) is 6.71 Å². The molecule has 0 amide bonds. The second kappa shape index (κ2) is 19.6. The molecule has 0 saturated carbocycles. The molecule has 2 aliphatic heterocycles. The molecule has 0 unspecified atom stereocenters. The first-order chi connectivity index (χ1) is 40.7. The smallest absolute Gasteiger partial charge is 0.252 e. The van der Waals surface area contributed by atoms with Crippen molar-refractivity contribution in [3.63, 3.8) is 0 Å². The Morgan fingerprint density at radius 2 is 0.512 bits per heavy atom. The monoisotopic (exact) mass is 1040 g/mol. The molecule has 1 aromatic heterocycles. The van der Waals surface area contributed by atoms with E-state index < -0.39 is 0 Å². The summed E-state index contributed by atoms with van der Waals surface area (Å²) >= 11 is 0. The van der Waals surface area contributed by atoms with Crippen LogP contribution in [0.3, 0.4) is 0 Å². The Labute approximate surface area is 478 Å². The number of anilines is 6. The largest absolute Gasteiger partial charge is 0.311 e. The van der Waals surface area contributed by atoms with Gasteiger partial charge in [0.2, 0.25) is 0 Å². The van der Waals surface area contributed by atoms with Gasteiger partial charge in [0.1, 0.15) is 0 Å². The summed E-state index contributed by atoms with van der Waals surface area (Å²) in [5, 5.41) is 2.44. The molecule has 3 nitrogen and oxygen atoms in total. The first kappa shape index (κ1) is 47.3.